The third kappa shape index (κ3) is 6.61. The van der Waals surface area contributed by atoms with E-state index in [0.717, 1.165) is 29.5 Å². The Morgan fingerprint density at radius 2 is 1.80 bits per heavy atom. The first-order chi connectivity index (χ1) is 14.1. The van der Waals surface area contributed by atoms with Crippen molar-refractivity contribution in [2.24, 2.45) is 0 Å². The Hall–Kier alpha value is -1.78. The summed E-state index contributed by atoms with van der Waals surface area (Å²) in [7, 11) is 0. The molecule has 0 bridgehead atoms. The van der Waals surface area contributed by atoms with Crippen LogP contribution in [0.25, 0.3) is 0 Å². The molecule has 1 aromatic heterocycles. The van der Waals surface area contributed by atoms with Crippen LogP contribution in [0.1, 0.15) is 58.5 Å². The summed E-state index contributed by atoms with van der Waals surface area (Å²) in [5.41, 5.74) is 3.35. The maximum atomic E-state index is 11.9. The number of allylic oxidation sites excluding steroid dienone is 2. The molecule has 2 aromatic carbocycles. The molecule has 4 heteroatoms. The van der Waals surface area contributed by atoms with E-state index in [-0.39, 0.29) is 47.0 Å². The topological polar surface area (TPSA) is 34.1 Å². The molecule has 0 radical (unpaired) electrons. The molecule has 1 atom stereocenters. The Bertz CT molecular complexity index is 974. The van der Waals surface area contributed by atoms with Gasteiger partial charge in [0.1, 0.15) is 5.78 Å². The zero-order chi connectivity index (χ0) is 20.6. The van der Waals surface area contributed by atoms with Crippen molar-refractivity contribution in [3.8, 4) is 0 Å². The van der Waals surface area contributed by atoms with Crippen molar-refractivity contribution in [3.63, 3.8) is 0 Å². The van der Waals surface area contributed by atoms with Gasteiger partial charge in [-0.3, -0.25) is 6.08 Å². The van der Waals surface area contributed by atoms with Crippen LogP contribution in [0.2, 0.25) is 0 Å². The molecule has 0 saturated heterocycles. The summed E-state index contributed by atoms with van der Waals surface area (Å²) in [5.74, 6) is 0.576. The average Bonchev–Trinajstić information content (AvgIpc) is 3.30. The minimum absolute atomic E-state index is 0. The second-order valence-electron chi connectivity index (χ2n) is 7.06. The summed E-state index contributed by atoms with van der Waals surface area (Å²) < 4.78 is 0. The molecule has 3 aromatic rings. The molecule has 4 rings (SSSR count). The Kier molecular flexibility index (Phi) is 9.93. The quantitative estimate of drug-likeness (QED) is 0.366. The number of hydrogen-bond acceptors (Lipinski definition) is 3. The third-order valence-corrected chi connectivity index (χ3v) is 5.92. The normalized spacial score (nSPS) is 13.9. The second kappa shape index (κ2) is 12.2. The van der Waals surface area contributed by atoms with E-state index in [1.54, 1.807) is 17.4 Å². The molecule has 0 aliphatic heterocycles. The number of rotatable bonds is 4. The van der Waals surface area contributed by atoms with Gasteiger partial charge in [-0.05, 0) is 17.4 Å². The van der Waals surface area contributed by atoms with Crippen LogP contribution in [0.5, 0.6) is 0 Å². The Labute approximate surface area is 205 Å². The van der Waals surface area contributed by atoms with Crippen LogP contribution in [0.3, 0.4) is 0 Å². The molecule has 1 heterocycles. The van der Waals surface area contributed by atoms with Crippen molar-refractivity contribution < 1.29 is 39.1 Å². The molecule has 1 aliphatic carbocycles. The van der Waals surface area contributed by atoms with Gasteiger partial charge in [0.05, 0.1) is 0 Å². The fraction of sp³-hybridized carbons (Fsp3) is 0.231. The molecule has 0 N–H and O–H groups in total. The van der Waals surface area contributed by atoms with Gasteiger partial charge >= 0.3 is 29.6 Å². The van der Waals surface area contributed by atoms with E-state index >= 15 is 0 Å². The van der Waals surface area contributed by atoms with E-state index in [0.29, 0.717) is 12.0 Å². The number of thiophene rings is 1. The second-order valence-corrected chi connectivity index (χ2v) is 8.04. The Morgan fingerprint density at radius 3 is 2.40 bits per heavy atom. The first-order valence-electron chi connectivity index (χ1n) is 9.81. The predicted octanol–water partition coefficient (Wildman–Crippen LogP) is 3.36. The van der Waals surface area contributed by atoms with Gasteiger partial charge in [0.15, 0.2) is 0 Å². The number of hydrogen-bond donors (Lipinski definition) is 0. The van der Waals surface area contributed by atoms with Gasteiger partial charge in [-0.1, -0.05) is 68.7 Å². The van der Waals surface area contributed by atoms with Crippen molar-refractivity contribution >= 4 is 22.9 Å². The minimum Gasteiger partial charge on any atom is -0.406 e. The fourth-order valence-electron chi connectivity index (χ4n) is 3.18. The third-order valence-electron chi connectivity index (χ3n) is 4.87. The van der Waals surface area contributed by atoms with Gasteiger partial charge in [0.25, 0.3) is 0 Å². The molecule has 2 nitrogen and oxygen atoms in total. The van der Waals surface area contributed by atoms with Crippen LogP contribution >= 0.6 is 11.3 Å². The van der Waals surface area contributed by atoms with E-state index in [4.69, 9.17) is 0 Å². The van der Waals surface area contributed by atoms with Gasteiger partial charge in [-0.25, -0.2) is 0 Å². The molecular formula is C26H24NaO2S-. The number of benzene rings is 2. The minimum atomic E-state index is 0. The molecule has 0 saturated carbocycles. The van der Waals surface area contributed by atoms with Crippen molar-refractivity contribution in [2.45, 2.75) is 39.0 Å². The summed E-state index contributed by atoms with van der Waals surface area (Å²) in [4.78, 5) is 24.8. The monoisotopic (exact) mass is 423 g/mol. The van der Waals surface area contributed by atoms with Gasteiger partial charge < -0.3 is 9.59 Å². The summed E-state index contributed by atoms with van der Waals surface area (Å²) >= 11 is 1.71. The van der Waals surface area contributed by atoms with E-state index in [2.05, 4.69) is 30.5 Å². The van der Waals surface area contributed by atoms with E-state index in [1.165, 1.54) is 4.88 Å². The van der Waals surface area contributed by atoms with Gasteiger partial charge in [0, 0.05) is 16.2 Å². The Balaban J connectivity index is 0.000000207. The van der Waals surface area contributed by atoms with Crippen molar-refractivity contribution in [1.29, 1.82) is 0 Å². The molecule has 0 spiro atoms. The summed E-state index contributed by atoms with van der Waals surface area (Å²) in [6.07, 6.45) is 5.85. The first-order valence-corrected chi connectivity index (χ1v) is 10.7. The summed E-state index contributed by atoms with van der Waals surface area (Å²) in [6.45, 7) is 4.05. The largest absolute Gasteiger partial charge is 1.00 e. The van der Waals surface area contributed by atoms with Gasteiger partial charge in [-0.15, -0.1) is 17.8 Å². The van der Waals surface area contributed by atoms with Crippen LogP contribution in [0.4, 0.5) is 0 Å². The van der Waals surface area contributed by atoms with Crippen LogP contribution in [0.15, 0.2) is 71.6 Å². The smallest absolute Gasteiger partial charge is 0.406 e. The molecule has 1 unspecified atom stereocenters. The predicted molar refractivity (Wildman–Crippen MR) is 118 cm³/mol. The van der Waals surface area contributed by atoms with Crippen molar-refractivity contribution in [1.82, 2.24) is 0 Å². The summed E-state index contributed by atoms with van der Waals surface area (Å²) in [6, 6.07) is 21.9. The molecule has 0 amide bonds. The van der Waals surface area contributed by atoms with Crippen LogP contribution in [-0.4, -0.2) is 11.6 Å². The van der Waals surface area contributed by atoms with E-state index < -0.39 is 0 Å². The van der Waals surface area contributed by atoms with Crippen LogP contribution in [-0.2, 0) is 4.79 Å². The zero-order valence-electron chi connectivity index (χ0n) is 17.8. The number of carbonyl (C=O) groups is 2. The molecule has 0 fully saturated rings. The van der Waals surface area contributed by atoms with Gasteiger partial charge in [-0.2, -0.15) is 35.4 Å². The number of ketones is 2. The molecule has 1 aliphatic rings. The molecule has 30 heavy (non-hydrogen) atoms. The Morgan fingerprint density at radius 1 is 1.03 bits per heavy atom. The van der Waals surface area contributed by atoms with Crippen LogP contribution in [0, 0.1) is 19.1 Å². The molecular weight excluding hydrogens is 399 g/mol. The maximum absolute atomic E-state index is 11.9. The first kappa shape index (κ1) is 24.5. The standard InChI is InChI=1S/C14H11O.C12H13OS.Na/c1-11-7-9-13(10-8-11)14(15)12-5-3-2-4-6-12;1-9(12-7-4-8-14-12)10-5-2-3-6-11(10)13;/h2-7,9-10H,1H3;4,7-9H,2-3,6H2,1H3;/q2*-1;+1. The van der Waals surface area contributed by atoms with E-state index in [9.17, 15) is 9.59 Å². The number of Topliss-reactive ketones (excluding diaryl/α,β-unsaturated/α-hetero) is 1. The van der Waals surface area contributed by atoms with Gasteiger partial charge in [0.2, 0.25) is 0 Å². The van der Waals surface area contributed by atoms with Crippen molar-refractivity contribution in [2.75, 3.05) is 0 Å². The van der Waals surface area contributed by atoms with Crippen molar-refractivity contribution in [3.05, 3.63) is 105 Å². The molecule has 148 valence electrons. The van der Waals surface area contributed by atoms with E-state index in [1.807, 2.05) is 55.5 Å². The van der Waals surface area contributed by atoms with Crippen LogP contribution < -0.4 is 29.6 Å². The number of carbonyl (C=O) groups excluding carboxylic acids is 2. The fourth-order valence-corrected chi connectivity index (χ4v) is 3.97. The maximum Gasteiger partial charge on any atom is 1.00 e. The average molecular weight is 424 g/mol. The number of aryl methyl sites for hydroxylation is 1. The SMILES string of the molecule is CC(C1=[C-]CCCC1=O)c1cccs1.Cc1[c-]cc(C(=O)c2ccccc2)cc1.[Na+]. The zero-order valence-corrected chi connectivity index (χ0v) is 20.6. The summed E-state index contributed by atoms with van der Waals surface area (Å²) in [5, 5.41) is 2.06.